The second-order valence-electron chi connectivity index (χ2n) is 4.10. The van der Waals surface area contributed by atoms with Gasteiger partial charge >= 0.3 is 0 Å². The van der Waals surface area contributed by atoms with Crippen molar-refractivity contribution < 1.29 is 10.0 Å². The summed E-state index contributed by atoms with van der Waals surface area (Å²) in [5.41, 5.74) is 0.0563. The molecule has 0 saturated carbocycles. The lowest BCUT2D eigenvalue weighted by Crippen LogP contribution is -2.17. The summed E-state index contributed by atoms with van der Waals surface area (Å²) in [5, 5.41) is 20.3. The van der Waals surface area contributed by atoms with Crippen LogP contribution in [0.2, 0.25) is 0 Å². The van der Waals surface area contributed by atoms with Crippen molar-refractivity contribution in [3.8, 4) is 0 Å². The van der Waals surface area contributed by atoms with Gasteiger partial charge in [-0.05, 0) is 19.9 Å². The second-order valence-corrected chi connectivity index (χ2v) is 4.10. The van der Waals surface area contributed by atoms with Crippen LogP contribution in [0.3, 0.4) is 0 Å². The standard InChI is InChI=1S/C10H11N3O3/c1-10(2,14)9-11-7-4-3-6(13(15)16)5-8(7)12-9/h3-5,14H,1-2H3,(H,11,12). The van der Waals surface area contributed by atoms with Gasteiger partial charge in [0.2, 0.25) is 0 Å². The van der Waals surface area contributed by atoms with Gasteiger partial charge in [-0.2, -0.15) is 0 Å². The molecule has 0 saturated heterocycles. The van der Waals surface area contributed by atoms with Crippen LogP contribution in [0.15, 0.2) is 18.2 Å². The summed E-state index contributed by atoms with van der Waals surface area (Å²) in [6.45, 7) is 3.19. The average molecular weight is 221 g/mol. The lowest BCUT2D eigenvalue weighted by atomic mass is 10.1. The van der Waals surface area contributed by atoms with E-state index in [9.17, 15) is 15.2 Å². The summed E-state index contributed by atoms with van der Waals surface area (Å²) >= 11 is 0. The highest BCUT2D eigenvalue weighted by Gasteiger charge is 2.21. The number of nitro benzene ring substituents is 1. The van der Waals surface area contributed by atoms with E-state index in [1.54, 1.807) is 19.9 Å². The second kappa shape index (κ2) is 3.28. The molecule has 0 aliphatic rings. The minimum absolute atomic E-state index is 0.00144. The lowest BCUT2D eigenvalue weighted by molar-refractivity contribution is -0.384. The van der Waals surface area contributed by atoms with Crippen molar-refractivity contribution in [1.29, 1.82) is 0 Å². The topological polar surface area (TPSA) is 92.1 Å². The van der Waals surface area contributed by atoms with Crippen LogP contribution in [0.1, 0.15) is 19.7 Å². The van der Waals surface area contributed by atoms with Crippen LogP contribution in [0.5, 0.6) is 0 Å². The number of fused-ring (bicyclic) bond motifs is 1. The Hall–Kier alpha value is -1.95. The van der Waals surface area contributed by atoms with E-state index in [4.69, 9.17) is 0 Å². The van der Waals surface area contributed by atoms with Gasteiger partial charge in [0.25, 0.3) is 5.69 Å². The number of nitrogens with zero attached hydrogens (tertiary/aromatic N) is 2. The molecule has 1 aromatic heterocycles. The van der Waals surface area contributed by atoms with Gasteiger partial charge in [0, 0.05) is 12.1 Å². The molecule has 0 fully saturated rings. The molecule has 2 aromatic rings. The van der Waals surface area contributed by atoms with E-state index in [1.807, 2.05) is 0 Å². The summed E-state index contributed by atoms with van der Waals surface area (Å²) < 4.78 is 0. The first kappa shape index (κ1) is 10.6. The monoisotopic (exact) mass is 221 g/mol. The summed E-state index contributed by atoms with van der Waals surface area (Å²) in [5.74, 6) is 0.392. The number of nitrogens with one attached hydrogen (secondary N) is 1. The third-order valence-electron chi connectivity index (χ3n) is 2.26. The van der Waals surface area contributed by atoms with Crippen LogP contribution in [0.25, 0.3) is 11.0 Å². The smallest absolute Gasteiger partial charge is 0.271 e. The number of aliphatic hydroxyl groups is 1. The van der Waals surface area contributed by atoms with Gasteiger partial charge in [-0.1, -0.05) is 0 Å². The van der Waals surface area contributed by atoms with Gasteiger partial charge in [0.05, 0.1) is 16.0 Å². The van der Waals surface area contributed by atoms with Gasteiger partial charge < -0.3 is 10.1 Å². The van der Waals surface area contributed by atoms with E-state index >= 15 is 0 Å². The highest BCUT2D eigenvalue weighted by Crippen LogP contribution is 2.23. The molecule has 0 aliphatic heterocycles. The molecule has 0 amide bonds. The molecule has 2 rings (SSSR count). The van der Waals surface area contributed by atoms with Crippen LogP contribution in [-0.4, -0.2) is 20.0 Å². The first-order valence-corrected chi connectivity index (χ1v) is 4.75. The van der Waals surface area contributed by atoms with Crippen LogP contribution < -0.4 is 0 Å². The molecule has 6 nitrogen and oxygen atoms in total. The van der Waals surface area contributed by atoms with Crippen molar-refractivity contribution in [3.05, 3.63) is 34.1 Å². The largest absolute Gasteiger partial charge is 0.383 e. The summed E-state index contributed by atoms with van der Waals surface area (Å²) in [7, 11) is 0. The first-order chi connectivity index (χ1) is 7.38. The van der Waals surface area contributed by atoms with E-state index < -0.39 is 10.5 Å². The van der Waals surface area contributed by atoms with Crippen LogP contribution >= 0.6 is 0 Å². The molecule has 84 valence electrons. The van der Waals surface area contributed by atoms with Crippen molar-refractivity contribution in [2.24, 2.45) is 0 Å². The molecule has 0 bridgehead atoms. The van der Waals surface area contributed by atoms with Crippen LogP contribution in [0.4, 0.5) is 5.69 Å². The number of imidazole rings is 1. The number of H-pyrrole nitrogens is 1. The summed E-state index contributed by atoms with van der Waals surface area (Å²) in [4.78, 5) is 17.1. The van der Waals surface area contributed by atoms with E-state index in [0.717, 1.165) is 0 Å². The van der Waals surface area contributed by atoms with Gasteiger partial charge in [-0.3, -0.25) is 10.1 Å². The van der Waals surface area contributed by atoms with Gasteiger partial charge in [-0.25, -0.2) is 4.98 Å². The average Bonchev–Trinajstić information content (AvgIpc) is 2.58. The zero-order valence-electron chi connectivity index (χ0n) is 8.89. The number of rotatable bonds is 2. The summed E-state index contributed by atoms with van der Waals surface area (Å²) in [6, 6.07) is 4.34. The third kappa shape index (κ3) is 1.74. The molecule has 0 atom stereocenters. The van der Waals surface area contributed by atoms with Gasteiger partial charge in [0.15, 0.2) is 0 Å². The van der Waals surface area contributed by atoms with Crippen LogP contribution in [0, 0.1) is 10.1 Å². The fourth-order valence-corrected chi connectivity index (χ4v) is 1.40. The summed E-state index contributed by atoms with van der Waals surface area (Å²) in [6.07, 6.45) is 0. The molecule has 0 radical (unpaired) electrons. The van der Waals surface area contributed by atoms with Crippen molar-refractivity contribution in [2.45, 2.75) is 19.4 Å². The number of aromatic nitrogens is 2. The van der Waals surface area contributed by atoms with E-state index in [0.29, 0.717) is 16.9 Å². The molecule has 2 N–H and O–H groups in total. The number of aromatic amines is 1. The maximum absolute atomic E-state index is 10.6. The molecule has 16 heavy (non-hydrogen) atoms. The normalized spacial score (nSPS) is 11.9. The SMILES string of the molecule is CC(C)(O)c1nc2ccc([N+](=O)[O-])cc2[nH]1. The molecule has 1 heterocycles. The Bertz CT molecular complexity index is 554. The predicted molar refractivity (Wildman–Crippen MR) is 58.0 cm³/mol. The highest BCUT2D eigenvalue weighted by molar-refractivity contribution is 5.77. The number of nitro groups is 1. The number of non-ortho nitro benzene ring substituents is 1. The fraction of sp³-hybridized carbons (Fsp3) is 0.300. The molecule has 0 unspecified atom stereocenters. The third-order valence-corrected chi connectivity index (χ3v) is 2.26. The Balaban J connectivity index is 2.59. The fourth-order valence-electron chi connectivity index (χ4n) is 1.40. The predicted octanol–water partition coefficient (Wildman–Crippen LogP) is 1.70. The zero-order valence-corrected chi connectivity index (χ0v) is 8.89. The minimum Gasteiger partial charge on any atom is -0.383 e. The Morgan fingerprint density at radius 1 is 1.50 bits per heavy atom. The zero-order chi connectivity index (χ0) is 11.9. The molecular weight excluding hydrogens is 210 g/mol. The minimum atomic E-state index is -1.09. The van der Waals surface area contributed by atoms with Gasteiger partial charge in [-0.15, -0.1) is 0 Å². The molecule has 6 heteroatoms. The van der Waals surface area contributed by atoms with E-state index in [2.05, 4.69) is 9.97 Å². The lowest BCUT2D eigenvalue weighted by Gasteiger charge is -2.12. The first-order valence-electron chi connectivity index (χ1n) is 4.75. The Labute approximate surface area is 91.1 Å². The molecule has 1 aromatic carbocycles. The molecule has 0 aliphatic carbocycles. The van der Waals surface area contributed by atoms with Crippen molar-refractivity contribution in [1.82, 2.24) is 9.97 Å². The van der Waals surface area contributed by atoms with Crippen molar-refractivity contribution in [3.63, 3.8) is 0 Å². The maximum Gasteiger partial charge on any atom is 0.271 e. The van der Waals surface area contributed by atoms with Crippen molar-refractivity contribution >= 4 is 16.7 Å². The molecule has 0 spiro atoms. The van der Waals surface area contributed by atoms with E-state index in [-0.39, 0.29) is 5.69 Å². The Morgan fingerprint density at radius 3 is 2.75 bits per heavy atom. The maximum atomic E-state index is 10.6. The number of hydrogen-bond donors (Lipinski definition) is 2. The van der Waals surface area contributed by atoms with Crippen LogP contribution in [-0.2, 0) is 5.60 Å². The quantitative estimate of drug-likeness (QED) is 0.596. The van der Waals surface area contributed by atoms with Gasteiger partial charge in [0.1, 0.15) is 11.4 Å². The molecular formula is C10H11N3O3. The Kier molecular flexibility index (Phi) is 2.16. The number of benzene rings is 1. The van der Waals surface area contributed by atoms with E-state index in [1.165, 1.54) is 12.1 Å². The number of hydrogen-bond acceptors (Lipinski definition) is 4. The van der Waals surface area contributed by atoms with Crippen molar-refractivity contribution in [2.75, 3.05) is 0 Å². The Morgan fingerprint density at radius 2 is 2.19 bits per heavy atom. The highest BCUT2D eigenvalue weighted by atomic mass is 16.6.